The number of aromatic nitrogens is 2. The van der Waals surface area contributed by atoms with Crippen LogP contribution in [0.3, 0.4) is 0 Å². The van der Waals surface area contributed by atoms with E-state index in [1.165, 1.54) is 30.5 Å². The van der Waals surface area contributed by atoms with Gasteiger partial charge in [0, 0.05) is 11.6 Å². The second-order valence-corrected chi connectivity index (χ2v) is 4.67. The molecule has 0 N–H and O–H groups in total. The molecule has 1 aliphatic rings. The zero-order valence-corrected chi connectivity index (χ0v) is 9.64. The van der Waals surface area contributed by atoms with E-state index < -0.39 is 0 Å². The van der Waals surface area contributed by atoms with Crippen molar-refractivity contribution in [2.24, 2.45) is 0 Å². The second-order valence-electron chi connectivity index (χ2n) is 4.32. The van der Waals surface area contributed by atoms with Crippen LogP contribution in [0.5, 0.6) is 0 Å². The standard InChI is InChI=1S/C11H17ClN2/c1-8(2)14-11(12)9-6-4-3-5-7-10(9)13-14/h8H,3-7H2,1-2H3. The Kier molecular flexibility index (Phi) is 2.82. The molecular weight excluding hydrogens is 196 g/mol. The molecule has 1 aromatic rings. The monoisotopic (exact) mass is 212 g/mol. The van der Waals surface area contributed by atoms with Crippen molar-refractivity contribution in [3.05, 3.63) is 16.4 Å². The molecule has 14 heavy (non-hydrogen) atoms. The minimum absolute atomic E-state index is 0.370. The average Bonchev–Trinajstić information content (AvgIpc) is 2.37. The van der Waals surface area contributed by atoms with Gasteiger partial charge < -0.3 is 0 Å². The third kappa shape index (κ3) is 1.68. The molecule has 0 amide bonds. The third-order valence-electron chi connectivity index (χ3n) is 2.86. The fourth-order valence-electron chi connectivity index (χ4n) is 2.05. The van der Waals surface area contributed by atoms with Gasteiger partial charge in [0.25, 0.3) is 0 Å². The second kappa shape index (κ2) is 3.93. The summed E-state index contributed by atoms with van der Waals surface area (Å²) in [6, 6.07) is 0.370. The lowest BCUT2D eigenvalue weighted by Crippen LogP contribution is -2.03. The SMILES string of the molecule is CC(C)n1nc2c(c1Cl)CCCCC2. The Balaban J connectivity index is 2.40. The molecule has 0 bridgehead atoms. The van der Waals surface area contributed by atoms with Crippen LogP contribution in [0, 0.1) is 0 Å². The maximum atomic E-state index is 6.31. The summed E-state index contributed by atoms with van der Waals surface area (Å²) in [5, 5.41) is 5.47. The van der Waals surface area contributed by atoms with Gasteiger partial charge in [-0.1, -0.05) is 18.0 Å². The molecule has 0 saturated heterocycles. The van der Waals surface area contributed by atoms with E-state index in [0.717, 1.165) is 18.0 Å². The van der Waals surface area contributed by atoms with E-state index in [1.54, 1.807) is 0 Å². The van der Waals surface area contributed by atoms with E-state index in [4.69, 9.17) is 11.6 Å². The van der Waals surface area contributed by atoms with E-state index in [1.807, 2.05) is 4.68 Å². The predicted octanol–water partition coefficient (Wildman–Crippen LogP) is 3.39. The molecular formula is C11H17ClN2. The lowest BCUT2D eigenvalue weighted by Gasteiger charge is -2.06. The van der Waals surface area contributed by atoms with Crippen LogP contribution >= 0.6 is 11.6 Å². The van der Waals surface area contributed by atoms with Gasteiger partial charge in [-0.2, -0.15) is 5.10 Å². The van der Waals surface area contributed by atoms with E-state index in [-0.39, 0.29) is 0 Å². The molecule has 0 aromatic carbocycles. The normalized spacial score (nSPS) is 16.9. The van der Waals surface area contributed by atoms with Gasteiger partial charge in [-0.05, 0) is 39.5 Å². The van der Waals surface area contributed by atoms with Crippen molar-refractivity contribution in [3.8, 4) is 0 Å². The van der Waals surface area contributed by atoms with Crippen LogP contribution in [0.15, 0.2) is 0 Å². The van der Waals surface area contributed by atoms with E-state index >= 15 is 0 Å². The Morgan fingerprint density at radius 2 is 1.93 bits per heavy atom. The number of rotatable bonds is 1. The van der Waals surface area contributed by atoms with Crippen molar-refractivity contribution in [1.29, 1.82) is 0 Å². The molecule has 0 spiro atoms. The lowest BCUT2D eigenvalue weighted by molar-refractivity contribution is 0.523. The van der Waals surface area contributed by atoms with Gasteiger partial charge in [-0.15, -0.1) is 0 Å². The molecule has 1 aromatic heterocycles. The van der Waals surface area contributed by atoms with Crippen molar-refractivity contribution in [2.75, 3.05) is 0 Å². The van der Waals surface area contributed by atoms with Gasteiger partial charge >= 0.3 is 0 Å². The van der Waals surface area contributed by atoms with Crippen molar-refractivity contribution in [2.45, 2.75) is 52.0 Å². The fourth-order valence-corrected chi connectivity index (χ4v) is 2.49. The summed E-state index contributed by atoms with van der Waals surface area (Å²) < 4.78 is 1.96. The van der Waals surface area contributed by atoms with Gasteiger partial charge in [0.1, 0.15) is 5.15 Å². The summed E-state index contributed by atoms with van der Waals surface area (Å²) in [5.74, 6) is 0. The van der Waals surface area contributed by atoms with Crippen LogP contribution in [0.2, 0.25) is 5.15 Å². The predicted molar refractivity (Wildman–Crippen MR) is 58.9 cm³/mol. The number of halogens is 1. The molecule has 78 valence electrons. The summed E-state index contributed by atoms with van der Waals surface area (Å²) in [5.41, 5.74) is 2.54. The average molecular weight is 213 g/mol. The Bertz CT molecular complexity index is 328. The minimum atomic E-state index is 0.370. The number of nitrogens with zero attached hydrogens (tertiary/aromatic N) is 2. The van der Waals surface area contributed by atoms with Gasteiger partial charge in [0.05, 0.1) is 5.69 Å². The zero-order valence-electron chi connectivity index (χ0n) is 8.89. The lowest BCUT2D eigenvalue weighted by atomic mass is 10.1. The fraction of sp³-hybridized carbons (Fsp3) is 0.727. The molecule has 1 aliphatic carbocycles. The number of fused-ring (bicyclic) bond motifs is 1. The topological polar surface area (TPSA) is 17.8 Å². The number of hydrogen-bond donors (Lipinski definition) is 0. The molecule has 2 nitrogen and oxygen atoms in total. The van der Waals surface area contributed by atoms with Gasteiger partial charge in [-0.3, -0.25) is 4.68 Å². The zero-order chi connectivity index (χ0) is 10.1. The van der Waals surface area contributed by atoms with Gasteiger partial charge in [-0.25, -0.2) is 0 Å². The van der Waals surface area contributed by atoms with Crippen LogP contribution in [0.4, 0.5) is 0 Å². The molecule has 0 atom stereocenters. The molecule has 0 saturated carbocycles. The highest BCUT2D eigenvalue weighted by atomic mass is 35.5. The highest BCUT2D eigenvalue weighted by Crippen LogP contribution is 2.28. The maximum Gasteiger partial charge on any atom is 0.130 e. The Morgan fingerprint density at radius 3 is 2.64 bits per heavy atom. The first-order valence-electron chi connectivity index (χ1n) is 5.46. The van der Waals surface area contributed by atoms with Crippen LogP contribution in [0.1, 0.15) is 50.4 Å². The maximum absolute atomic E-state index is 6.31. The highest BCUT2D eigenvalue weighted by molar-refractivity contribution is 6.30. The Labute approximate surface area is 90.3 Å². The summed E-state index contributed by atoms with van der Waals surface area (Å²) in [6.07, 6.45) is 6.05. The van der Waals surface area contributed by atoms with Crippen molar-refractivity contribution < 1.29 is 0 Å². The summed E-state index contributed by atoms with van der Waals surface area (Å²) >= 11 is 6.31. The molecule has 0 aliphatic heterocycles. The van der Waals surface area contributed by atoms with Gasteiger partial charge in [0.2, 0.25) is 0 Å². The summed E-state index contributed by atoms with van der Waals surface area (Å²) in [7, 11) is 0. The molecule has 0 radical (unpaired) electrons. The van der Waals surface area contributed by atoms with E-state index in [2.05, 4.69) is 18.9 Å². The van der Waals surface area contributed by atoms with Crippen molar-refractivity contribution in [1.82, 2.24) is 9.78 Å². The largest absolute Gasteiger partial charge is 0.251 e. The van der Waals surface area contributed by atoms with Crippen molar-refractivity contribution >= 4 is 11.6 Å². The summed E-state index contributed by atoms with van der Waals surface area (Å²) in [6.45, 7) is 4.25. The number of hydrogen-bond acceptors (Lipinski definition) is 1. The van der Waals surface area contributed by atoms with E-state index in [0.29, 0.717) is 6.04 Å². The Morgan fingerprint density at radius 1 is 1.21 bits per heavy atom. The minimum Gasteiger partial charge on any atom is -0.251 e. The van der Waals surface area contributed by atoms with Crippen LogP contribution < -0.4 is 0 Å². The van der Waals surface area contributed by atoms with Crippen LogP contribution in [-0.4, -0.2) is 9.78 Å². The molecule has 2 rings (SSSR count). The molecule has 1 heterocycles. The van der Waals surface area contributed by atoms with Crippen LogP contribution in [0.25, 0.3) is 0 Å². The van der Waals surface area contributed by atoms with Gasteiger partial charge in [0.15, 0.2) is 0 Å². The smallest absolute Gasteiger partial charge is 0.130 e. The first kappa shape index (κ1) is 10.0. The highest BCUT2D eigenvalue weighted by Gasteiger charge is 2.18. The third-order valence-corrected chi connectivity index (χ3v) is 3.26. The summed E-state index contributed by atoms with van der Waals surface area (Å²) in [4.78, 5) is 0. The molecule has 3 heteroatoms. The van der Waals surface area contributed by atoms with E-state index in [9.17, 15) is 0 Å². The Hall–Kier alpha value is -0.500. The van der Waals surface area contributed by atoms with Crippen molar-refractivity contribution in [3.63, 3.8) is 0 Å². The first-order valence-corrected chi connectivity index (χ1v) is 5.83. The first-order chi connectivity index (χ1) is 6.70. The quantitative estimate of drug-likeness (QED) is 0.653. The van der Waals surface area contributed by atoms with Crippen LogP contribution in [-0.2, 0) is 12.8 Å². The number of aryl methyl sites for hydroxylation is 1. The molecule has 0 unspecified atom stereocenters. The molecule has 0 fully saturated rings.